The van der Waals surface area contributed by atoms with Crippen LogP contribution in [0.25, 0.3) is 0 Å². The number of nitrogens with zero attached hydrogens (tertiary/aromatic N) is 2. The lowest BCUT2D eigenvalue weighted by atomic mass is 9.96. The van der Waals surface area contributed by atoms with E-state index >= 15 is 0 Å². The van der Waals surface area contributed by atoms with Crippen molar-refractivity contribution >= 4 is 15.9 Å². The zero-order valence-corrected chi connectivity index (χ0v) is 16.8. The van der Waals surface area contributed by atoms with Crippen molar-refractivity contribution in [3.05, 3.63) is 29.3 Å². The standard InChI is InChI=1S/C21H30N2O3S/c24-21(22-12-3-1-2-4-13-22)18-10-14-23(15-11-18)27(25,26)20-9-8-17-6-5-7-19(17)16-20/h8-9,16,18H,1-7,10-15H2. The zero-order valence-electron chi connectivity index (χ0n) is 16.0. The van der Waals surface area contributed by atoms with Gasteiger partial charge in [-0.1, -0.05) is 18.9 Å². The van der Waals surface area contributed by atoms with Crippen molar-refractivity contribution in [1.29, 1.82) is 0 Å². The second-order valence-corrected chi connectivity index (χ2v) is 10.1. The Morgan fingerprint density at radius 1 is 0.852 bits per heavy atom. The Hall–Kier alpha value is -1.40. The molecule has 1 aromatic carbocycles. The Balaban J connectivity index is 1.40. The molecule has 0 saturated carbocycles. The number of aryl methyl sites for hydroxylation is 2. The fourth-order valence-electron chi connectivity index (χ4n) is 4.75. The van der Waals surface area contributed by atoms with Crippen LogP contribution in [0.5, 0.6) is 0 Å². The molecule has 3 aliphatic rings. The molecule has 2 heterocycles. The van der Waals surface area contributed by atoms with Crippen molar-refractivity contribution in [2.24, 2.45) is 5.92 Å². The molecular weight excluding hydrogens is 360 g/mol. The highest BCUT2D eigenvalue weighted by atomic mass is 32.2. The van der Waals surface area contributed by atoms with Gasteiger partial charge in [-0.25, -0.2) is 8.42 Å². The summed E-state index contributed by atoms with van der Waals surface area (Å²) in [5.74, 6) is 0.223. The maximum atomic E-state index is 13.0. The van der Waals surface area contributed by atoms with Crippen LogP contribution in [0.15, 0.2) is 23.1 Å². The first-order valence-electron chi connectivity index (χ1n) is 10.5. The average Bonchev–Trinajstić information content (AvgIpc) is 2.99. The number of amides is 1. The fraction of sp³-hybridized carbons (Fsp3) is 0.667. The van der Waals surface area contributed by atoms with E-state index in [1.807, 2.05) is 17.0 Å². The van der Waals surface area contributed by atoms with Crippen LogP contribution in [0.1, 0.15) is 56.1 Å². The van der Waals surface area contributed by atoms with Crippen LogP contribution in [0.4, 0.5) is 0 Å². The summed E-state index contributed by atoms with van der Waals surface area (Å²) in [7, 11) is -3.46. The van der Waals surface area contributed by atoms with E-state index in [-0.39, 0.29) is 11.8 Å². The summed E-state index contributed by atoms with van der Waals surface area (Å²) < 4.78 is 27.7. The number of benzene rings is 1. The Morgan fingerprint density at radius 3 is 2.22 bits per heavy atom. The summed E-state index contributed by atoms with van der Waals surface area (Å²) in [6, 6.07) is 5.60. The zero-order chi connectivity index (χ0) is 18.9. The highest BCUT2D eigenvalue weighted by Crippen LogP contribution is 2.29. The van der Waals surface area contributed by atoms with Gasteiger partial charge in [-0.05, 0) is 68.2 Å². The predicted octanol–water partition coefficient (Wildman–Crippen LogP) is 2.98. The van der Waals surface area contributed by atoms with Crippen LogP contribution < -0.4 is 0 Å². The molecule has 0 radical (unpaired) electrons. The first kappa shape index (κ1) is 18.9. The van der Waals surface area contributed by atoms with E-state index < -0.39 is 10.0 Å². The minimum absolute atomic E-state index is 0.0189. The number of piperidine rings is 1. The first-order valence-corrected chi connectivity index (χ1v) is 11.9. The maximum absolute atomic E-state index is 13.0. The number of rotatable bonds is 3. The van der Waals surface area contributed by atoms with Gasteiger partial charge in [0, 0.05) is 32.1 Å². The van der Waals surface area contributed by atoms with Gasteiger partial charge < -0.3 is 4.90 Å². The van der Waals surface area contributed by atoms with Crippen LogP contribution in [0, 0.1) is 5.92 Å². The lowest BCUT2D eigenvalue weighted by Gasteiger charge is -2.33. The molecule has 148 valence electrons. The molecule has 0 unspecified atom stereocenters. The number of likely N-dealkylation sites (tertiary alicyclic amines) is 1. The molecule has 0 spiro atoms. The molecule has 0 aromatic heterocycles. The van der Waals surface area contributed by atoms with Gasteiger partial charge in [0.1, 0.15) is 0 Å². The van der Waals surface area contributed by atoms with Crippen molar-refractivity contribution < 1.29 is 13.2 Å². The fourth-order valence-corrected chi connectivity index (χ4v) is 6.27. The van der Waals surface area contributed by atoms with Crippen molar-refractivity contribution in [2.75, 3.05) is 26.2 Å². The van der Waals surface area contributed by atoms with Crippen molar-refractivity contribution in [3.63, 3.8) is 0 Å². The molecule has 2 saturated heterocycles. The van der Waals surface area contributed by atoms with Crippen molar-refractivity contribution in [3.8, 4) is 0 Å². The minimum atomic E-state index is -3.46. The lowest BCUT2D eigenvalue weighted by molar-refractivity contribution is -0.136. The molecule has 0 bridgehead atoms. The molecule has 5 nitrogen and oxygen atoms in total. The largest absolute Gasteiger partial charge is 0.342 e. The molecule has 0 N–H and O–H groups in total. The van der Waals surface area contributed by atoms with Crippen LogP contribution in [0.3, 0.4) is 0 Å². The molecule has 0 atom stereocenters. The van der Waals surface area contributed by atoms with Gasteiger partial charge in [-0.3, -0.25) is 4.79 Å². The Morgan fingerprint density at radius 2 is 1.52 bits per heavy atom. The van der Waals surface area contributed by atoms with Gasteiger partial charge in [0.15, 0.2) is 0 Å². The monoisotopic (exact) mass is 390 g/mol. The summed E-state index contributed by atoms with van der Waals surface area (Å²) >= 11 is 0. The van der Waals surface area contributed by atoms with E-state index in [2.05, 4.69) is 0 Å². The number of carbonyl (C=O) groups is 1. The third-order valence-corrected chi connectivity index (χ3v) is 8.32. The van der Waals surface area contributed by atoms with Crippen LogP contribution in [-0.4, -0.2) is 49.7 Å². The molecule has 1 amide bonds. The SMILES string of the molecule is O=C(C1CCN(S(=O)(=O)c2ccc3c(c2)CCC3)CC1)N1CCCCCC1. The Kier molecular flexibility index (Phi) is 5.55. The van der Waals surface area contributed by atoms with E-state index in [1.54, 1.807) is 10.4 Å². The van der Waals surface area contributed by atoms with Crippen molar-refractivity contribution in [1.82, 2.24) is 9.21 Å². The smallest absolute Gasteiger partial charge is 0.243 e. The van der Waals surface area contributed by atoms with Crippen LogP contribution in [-0.2, 0) is 27.7 Å². The van der Waals surface area contributed by atoms with Gasteiger partial charge in [-0.15, -0.1) is 0 Å². The van der Waals surface area contributed by atoms with E-state index in [1.165, 1.54) is 24.0 Å². The Bertz CT molecular complexity index is 790. The first-order chi connectivity index (χ1) is 13.1. The molecule has 1 aliphatic carbocycles. The van der Waals surface area contributed by atoms with Crippen LogP contribution in [0.2, 0.25) is 0 Å². The highest BCUT2D eigenvalue weighted by molar-refractivity contribution is 7.89. The van der Waals surface area contributed by atoms with Gasteiger partial charge >= 0.3 is 0 Å². The second kappa shape index (κ2) is 7.92. The third-order valence-electron chi connectivity index (χ3n) is 6.43. The molecule has 2 fully saturated rings. The van der Waals surface area contributed by atoms with Gasteiger partial charge in [0.25, 0.3) is 0 Å². The predicted molar refractivity (Wildman–Crippen MR) is 105 cm³/mol. The number of sulfonamides is 1. The maximum Gasteiger partial charge on any atom is 0.243 e. The van der Waals surface area contributed by atoms with Crippen LogP contribution >= 0.6 is 0 Å². The molecule has 6 heteroatoms. The highest BCUT2D eigenvalue weighted by Gasteiger charge is 2.34. The molecular formula is C21H30N2O3S. The minimum Gasteiger partial charge on any atom is -0.342 e. The molecule has 1 aromatic rings. The van der Waals surface area contributed by atoms with Gasteiger partial charge in [-0.2, -0.15) is 4.31 Å². The number of carbonyl (C=O) groups excluding carboxylic acids is 1. The lowest BCUT2D eigenvalue weighted by Crippen LogP contribution is -2.44. The Labute approximate surface area is 162 Å². The average molecular weight is 391 g/mol. The number of hydrogen-bond acceptors (Lipinski definition) is 3. The molecule has 4 rings (SSSR count). The summed E-state index contributed by atoms with van der Waals surface area (Å²) in [4.78, 5) is 15.3. The molecule has 2 aliphatic heterocycles. The van der Waals surface area contributed by atoms with Gasteiger partial charge in [0.05, 0.1) is 4.90 Å². The summed E-state index contributed by atoms with van der Waals surface area (Å²) in [5, 5.41) is 0. The van der Waals surface area contributed by atoms with E-state index in [0.717, 1.165) is 45.2 Å². The van der Waals surface area contributed by atoms with Gasteiger partial charge in [0.2, 0.25) is 15.9 Å². The number of fused-ring (bicyclic) bond motifs is 1. The summed E-state index contributed by atoms with van der Waals surface area (Å²) in [6.45, 7) is 2.63. The topological polar surface area (TPSA) is 57.7 Å². The molecule has 27 heavy (non-hydrogen) atoms. The normalized spacial score (nSPS) is 22.4. The quantitative estimate of drug-likeness (QED) is 0.797. The van der Waals surface area contributed by atoms with E-state index in [9.17, 15) is 13.2 Å². The van der Waals surface area contributed by atoms with E-state index in [4.69, 9.17) is 0 Å². The summed E-state index contributed by atoms with van der Waals surface area (Å²) in [5.41, 5.74) is 2.47. The number of hydrogen-bond donors (Lipinski definition) is 0. The van der Waals surface area contributed by atoms with E-state index in [0.29, 0.717) is 30.8 Å². The van der Waals surface area contributed by atoms with Crippen molar-refractivity contribution in [2.45, 2.75) is 62.7 Å². The second-order valence-electron chi connectivity index (χ2n) is 8.20. The third kappa shape index (κ3) is 3.92. The summed E-state index contributed by atoms with van der Waals surface area (Å²) in [6.07, 6.45) is 9.03.